The lowest BCUT2D eigenvalue weighted by atomic mass is 9.86. The van der Waals surface area contributed by atoms with E-state index < -0.39 is 12.1 Å². The van der Waals surface area contributed by atoms with Gasteiger partial charge in [0.05, 0.1) is 11.6 Å². The Morgan fingerprint density at radius 1 is 1.17 bits per heavy atom. The molecule has 1 unspecified atom stereocenters. The van der Waals surface area contributed by atoms with Crippen molar-refractivity contribution >= 4 is 12.1 Å². The van der Waals surface area contributed by atoms with Gasteiger partial charge in [-0.2, -0.15) is 0 Å². The predicted octanol–water partition coefficient (Wildman–Crippen LogP) is 3.69. The van der Waals surface area contributed by atoms with Crippen LogP contribution in [0.2, 0.25) is 0 Å². The summed E-state index contributed by atoms with van der Waals surface area (Å²) in [7, 11) is 0. The minimum Gasteiger partial charge on any atom is -0.478 e. The number of carboxylic acid groups (broad SMARTS) is 1. The van der Waals surface area contributed by atoms with Gasteiger partial charge in [-0.25, -0.2) is 9.59 Å². The molecule has 0 heterocycles. The van der Waals surface area contributed by atoms with Gasteiger partial charge in [0.15, 0.2) is 0 Å². The molecule has 0 aliphatic heterocycles. The van der Waals surface area contributed by atoms with E-state index in [2.05, 4.69) is 5.32 Å². The Kier molecular flexibility index (Phi) is 4.79. The fourth-order valence-electron chi connectivity index (χ4n) is 3.00. The van der Waals surface area contributed by atoms with Gasteiger partial charge in [0.2, 0.25) is 0 Å². The van der Waals surface area contributed by atoms with Crippen molar-refractivity contribution < 1.29 is 19.4 Å². The Labute approximate surface area is 140 Å². The third kappa shape index (κ3) is 3.74. The highest BCUT2D eigenvalue weighted by molar-refractivity contribution is 5.88. The summed E-state index contributed by atoms with van der Waals surface area (Å²) in [5, 5.41) is 12.0. The summed E-state index contributed by atoms with van der Waals surface area (Å²) in [6.45, 7) is 0.226. The van der Waals surface area contributed by atoms with Crippen LogP contribution in [0.25, 0.3) is 0 Å². The largest absolute Gasteiger partial charge is 0.478 e. The smallest absolute Gasteiger partial charge is 0.407 e. The minimum atomic E-state index is -0.935. The summed E-state index contributed by atoms with van der Waals surface area (Å²) in [5.74, 6) is -0.935. The van der Waals surface area contributed by atoms with E-state index in [1.54, 1.807) is 18.2 Å². The number of carbonyl (C=O) groups excluding carboxylic acids is 1. The highest BCUT2D eigenvalue weighted by Crippen LogP contribution is 2.30. The Balaban J connectivity index is 1.64. The number of amides is 1. The molecule has 0 spiro atoms. The number of carbonyl (C=O) groups is 2. The van der Waals surface area contributed by atoms with Crippen molar-refractivity contribution in [2.75, 3.05) is 0 Å². The number of nitrogens with one attached hydrogen (secondary N) is 1. The van der Waals surface area contributed by atoms with Crippen LogP contribution in [0, 0.1) is 0 Å². The predicted molar refractivity (Wildman–Crippen MR) is 88.8 cm³/mol. The standard InChI is InChI=1S/C19H19NO4/c21-18(22)15-9-10-16-14(11-15)7-4-8-17(16)20-19(23)24-12-13-5-2-1-3-6-13/h1-3,5-6,9-11,17H,4,7-8,12H2,(H,20,23)(H,21,22). The molecule has 24 heavy (non-hydrogen) atoms. The van der Waals surface area contributed by atoms with E-state index in [1.165, 1.54) is 0 Å². The highest BCUT2D eigenvalue weighted by atomic mass is 16.5. The zero-order valence-corrected chi connectivity index (χ0v) is 13.2. The van der Waals surface area contributed by atoms with Crippen molar-refractivity contribution in [2.45, 2.75) is 31.9 Å². The van der Waals surface area contributed by atoms with Gasteiger partial charge >= 0.3 is 12.1 Å². The molecule has 2 aromatic rings. The van der Waals surface area contributed by atoms with E-state index >= 15 is 0 Å². The van der Waals surface area contributed by atoms with Crippen LogP contribution in [0.1, 0.15) is 45.9 Å². The second-order valence-electron chi connectivity index (χ2n) is 5.87. The molecule has 5 nitrogen and oxygen atoms in total. The Morgan fingerprint density at radius 3 is 2.71 bits per heavy atom. The second kappa shape index (κ2) is 7.17. The van der Waals surface area contributed by atoms with Crippen LogP contribution in [0.4, 0.5) is 4.79 Å². The first kappa shape index (κ1) is 16.1. The number of hydrogen-bond donors (Lipinski definition) is 2. The number of hydrogen-bond acceptors (Lipinski definition) is 3. The number of carboxylic acids is 1. The number of fused-ring (bicyclic) bond motifs is 1. The monoisotopic (exact) mass is 325 g/mol. The molecule has 0 fully saturated rings. The average Bonchev–Trinajstić information content (AvgIpc) is 2.60. The molecule has 5 heteroatoms. The first-order valence-electron chi connectivity index (χ1n) is 7.97. The maximum absolute atomic E-state index is 12.0. The molecule has 0 aromatic heterocycles. The van der Waals surface area contributed by atoms with Crippen molar-refractivity contribution in [3.05, 3.63) is 70.8 Å². The number of alkyl carbamates (subject to hydrolysis) is 1. The molecule has 0 saturated carbocycles. The van der Waals surface area contributed by atoms with Gasteiger partial charge in [-0.3, -0.25) is 0 Å². The van der Waals surface area contributed by atoms with Crippen LogP contribution in [0.15, 0.2) is 48.5 Å². The maximum atomic E-state index is 12.0. The SMILES string of the molecule is O=C(NC1CCCc2cc(C(=O)O)ccc21)OCc1ccccc1. The van der Waals surface area contributed by atoms with Crippen molar-refractivity contribution in [3.63, 3.8) is 0 Å². The molecule has 3 rings (SSSR count). The first-order valence-corrected chi connectivity index (χ1v) is 7.97. The summed E-state index contributed by atoms with van der Waals surface area (Å²) in [5.41, 5.74) is 3.17. The molecule has 0 saturated heterocycles. The van der Waals surface area contributed by atoms with Gasteiger partial charge in [-0.1, -0.05) is 36.4 Å². The van der Waals surface area contributed by atoms with Crippen LogP contribution < -0.4 is 5.32 Å². The zero-order valence-electron chi connectivity index (χ0n) is 13.2. The van der Waals surface area contributed by atoms with E-state index in [4.69, 9.17) is 9.84 Å². The first-order chi connectivity index (χ1) is 11.6. The normalized spacial score (nSPS) is 16.1. The van der Waals surface area contributed by atoms with Crippen LogP contribution in [-0.2, 0) is 17.8 Å². The van der Waals surface area contributed by atoms with Crippen molar-refractivity contribution in [1.82, 2.24) is 5.32 Å². The molecular formula is C19H19NO4. The van der Waals surface area contributed by atoms with Gasteiger partial charge in [-0.15, -0.1) is 0 Å². The fraction of sp³-hybridized carbons (Fsp3) is 0.263. The summed E-state index contributed by atoms with van der Waals surface area (Å²) in [4.78, 5) is 23.1. The molecule has 124 valence electrons. The van der Waals surface area contributed by atoms with E-state index in [0.29, 0.717) is 0 Å². The number of rotatable bonds is 4. The van der Waals surface area contributed by atoms with Gasteiger partial charge < -0.3 is 15.2 Å². The Bertz CT molecular complexity index is 742. The molecule has 0 bridgehead atoms. The van der Waals surface area contributed by atoms with E-state index in [0.717, 1.165) is 36.0 Å². The van der Waals surface area contributed by atoms with Crippen molar-refractivity contribution in [3.8, 4) is 0 Å². The lowest BCUT2D eigenvalue weighted by Gasteiger charge is -2.26. The summed E-state index contributed by atoms with van der Waals surface area (Å²) in [6.07, 6.45) is 2.09. The van der Waals surface area contributed by atoms with E-state index in [-0.39, 0.29) is 18.2 Å². The quantitative estimate of drug-likeness (QED) is 0.899. The average molecular weight is 325 g/mol. The number of aromatic carboxylic acids is 1. The third-order valence-electron chi connectivity index (χ3n) is 4.21. The van der Waals surface area contributed by atoms with Gasteiger partial charge in [-0.05, 0) is 48.1 Å². The third-order valence-corrected chi connectivity index (χ3v) is 4.21. The molecule has 1 aliphatic carbocycles. The van der Waals surface area contributed by atoms with Gasteiger partial charge in [0.1, 0.15) is 6.61 Å². The molecule has 2 N–H and O–H groups in total. The molecule has 0 radical (unpaired) electrons. The summed E-state index contributed by atoms with van der Waals surface area (Å²) < 4.78 is 5.26. The second-order valence-corrected chi connectivity index (χ2v) is 5.87. The Morgan fingerprint density at radius 2 is 1.96 bits per heavy atom. The molecular weight excluding hydrogens is 306 g/mol. The molecule has 1 atom stereocenters. The van der Waals surface area contributed by atoms with Crippen LogP contribution >= 0.6 is 0 Å². The number of benzene rings is 2. The Hall–Kier alpha value is -2.82. The van der Waals surface area contributed by atoms with Crippen molar-refractivity contribution in [1.29, 1.82) is 0 Å². The number of ether oxygens (including phenoxy) is 1. The van der Waals surface area contributed by atoms with E-state index in [1.807, 2.05) is 30.3 Å². The zero-order chi connectivity index (χ0) is 16.9. The summed E-state index contributed by atoms with van der Waals surface area (Å²) in [6, 6.07) is 14.4. The van der Waals surface area contributed by atoms with Crippen LogP contribution in [0.3, 0.4) is 0 Å². The lowest BCUT2D eigenvalue weighted by Crippen LogP contribution is -2.31. The molecule has 2 aromatic carbocycles. The van der Waals surface area contributed by atoms with Crippen LogP contribution in [-0.4, -0.2) is 17.2 Å². The minimum absolute atomic E-state index is 0.139. The highest BCUT2D eigenvalue weighted by Gasteiger charge is 2.23. The fourth-order valence-corrected chi connectivity index (χ4v) is 3.00. The lowest BCUT2D eigenvalue weighted by molar-refractivity contribution is 0.0696. The van der Waals surface area contributed by atoms with Crippen LogP contribution in [0.5, 0.6) is 0 Å². The van der Waals surface area contributed by atoms with E-state index in [9.17, 15) is 9.59 Å². The van der Waals surface area contributed by atoms with Gasteiger partial charge in [0, 0.05) is 0 Å². The summed E-state index contributed by atoms with van der Waals surface area (Å²) >= 11 is 0. The molecule has 1 aliphatic rings. The number of aryl methyl sites for hydroxylation is 1. The maximum Gasteiger partial charge on any atom is 0.407 e. The van der Waals surface area contributed by atoms with Gasteiger partial charge in [0.25, 0.3) is 0 Å². The topological polar surface area (TPSA) is 75.6 Å². The van der Waals surface area contributed by atoms with Crippen molar-refractivity contribution in [2.24, 2.45) is 0 Å². The molecule has 1 amide bonds.